The number of aromatic nitrogens is 2. The van der Waals surface area contributed by atoms with Crippen molar-refractivity contribution in [2.75, 3.05) is 7.11 Å². The Kier molecular flexibility index (Phi) is 2.87. The number of fused-ring (bicyclic) bond motifs is 1. The lowest BCUT2D eigenvalue weighted by molar-refractivity contribution is 0.391. The molecule has 0 saturated carbocycles. The van der Waals surface area contributed by atoms with Gasteiger partial charge in [-0.25, -0.2) is 4.98 Å². The van der Waals surface area contributed by atoms with E-state index < -0.39 is 0 Å². The minimum absolute atomic E-state index is 0.793. The molecule has 18 heavy (non-hydrogen) atoms. The second kappa shape index (κ2) is 4.40. The minimum Gasteiger partial charge on any atom is -0.481 e. The lowest BCUT2D eigenvalue weighted by atomic mass is 10.1. The number of halogens is 1. The summed E-state index contributed by atoms with van der Waals surface area (Å²) in [6.45, 7) is 1.96. The van der Waals surface area contributed by atoms with Crippen LogP contribution >= 0.6 is 27.3 Å². The molecule has 0 aliphatic rings. The van der Waals surface area contributed by atoms with E-state index >= 15 is 0 Å². The van der Waals surface area contributed by atoms with Crippen molar-refractivity contribution < 1.29 is 4.74 Å². The predicted molar refractivity (Wildman–Crippen MR) is 77.5 cm³/mol. The first kappa shape index (κ1) is 11.7. The van der Waals surface area contributed by atoms with Crippen molar-refractivity contribution in [2.24, 2.45) is 0 Å². The summed E-state index contributed by atoms with van der Waals surface area (Å²) in [5.74, 6) is 0.793. The molecule has 3 rings (SSSR count). The topological polar surface area (TPSA) is 26.5 Å². The highest BCUT2D eigenvalue weighted by atomic mass is 79.9. The number of ether oxygens (including phenoxy) is 1. The van der Waals surface area contributed by atoms with Gasteiger partial charge in [-0.3, -0.25) is 4.40 Å². The number of methoxy groups -OCH3 is 1. The molecule has 0 fully saturated rings. The van der Waals surface area contributed by atoms with Crippen molar-refractivity contribution in [3.05, 3.63) is 39.3 Å². The van der Waals surface area contributed by atoms with Gasteiger partial charge in [-0.1, -0.05) is 0 Å². The third kappa shape index (κ3) is 1.74. The summed E-state index contributed by atoms with van der Waals surface area (Å²) < 4.78 is 8.49. The summed E-state index contributed by atoms with van der Waals surface area (Å²) in [6.07, 6.45) is 1.97. The summed E-state index contributed by atoms with van der Waals surface area (Å²) in [7, 11) is 1.67. The highest BCUT2D eigenvalue weighted by Crippen LogP contribution is 2.33. The van der Waals surface area contributed by atoms with E-state index in [9.17, 15) is 0 Å². The van der Waals surface area contributed by atoms with Crippen LogP contribution in [0.3, 0.4) is 0 Å². The SMILES string of the molecule is COc1c(C)nc2c(-c3csc(Br)c3)cccn12. The molecule has 0 atom stereocenters. The van der Waals surface area contributed by atoms with Crippen molar-refractivity contribution in [2.45, 2.75) is 6.92 Å². The van der Waals surface area contributed by atoms with Gasteiger partial charge in [0, 0.05) is 11.8 Å². The van der Waals surface area contributed by atoms with Crippen LogP contribution in [-0.2, 0) is 0 Å². The van der Waals surface area contributed by atoms with Gasteiger partial charge in [-0.2, -0.15) is 0 Å². The van der Waals surface area contributed by atoms with Crippen LogP contribution in [0.1, 0.15) is 5.69 Å². The first-order valence-electron chi connectivity index (χ1n) is 5.47. The molecule has 0 amide bonds. The molecule has 3 aromatic rings. The Labute approximate surface area is 117 Å². The molecule has 0 saturated heterocycles. The molecule has 3 nitrogen and oxygen atoms in total. The Balaban J connectivity index is 2.31. The highest BCUT2D eigenvalue weighted by Gasteiger charge is 2.13. The van der Waals surface area contributed by atoms with Gasteiger partial charge in [-0.05, 0) is 52.0 Å². The summed E-state index contributed by atoms with van der Waals surface area (Å²) in [4.78, 5) is 4.60. The predicted octanol–water partition coefficient (Wildman–Crippen LogP) is 4.14. The fourth-order valence-corrected chi connectivity index (χ4v) is 3.24. The summed E-state index contributed by atoms with van der Waals surface area (Å²) >= 11 is 5.17. The van der Waals surface area contributed by atoms with Crippen molar-refractivity contribution in [1.29, 1.82) is 0 Å². The van der Waals surface area contributed by atoms with Crippen LogP contribution in [-0.4, -0.2) is 16.5 Å². The van der Waals surface area contributed by atoms with Crippen molar-refractivity contribution in [1.82, 2.24) is 9.38 Å². The Morgan fingerprint density at radius 1 is 1.44 bits per heavy atom. The summed E-state index contributed by atoms with van der Waals surface area (Å²) in [5, 5.41) is 2.12. The Hall–Kier alpha value is -1.33. The number of aryl methyl sites for hydroxylation is 1. The van der Waals surface area contributed by atoms with Gasteiger partial charge >= 0.3 is 0 Å². The van der Waals surface area contributed by atoms with Crippen LogP contribution in [0.5, 0.6) is 5.88 Å². The number of thiophene rings is 1. The molecule has 0 spiro atoms. The standard InChI is InChI=1S/C13H11BrN2OS/c1-8-13(17-2)16-5-3-4-10(12(16)15-8)9-6-11(14)18-7-9/h3-7H,1-2H3. The van der Waals surface area contributed by atoms with Crippen LogP contribution in [0.2, 0.25) is 0 Å². The smallest absolute Gasteiger partial charge is 0.221 e. The van der Waals surface area contributed by atoms with Crippen molar-refractivity contribution in [3.63, 3.8) is 0 Å². The summed E-state index contributed by atoms with van der Waals surface area (Å²) in [5.41, 5.74) is 4.12. The van der Waals surface area contributed by atoms with Crippen molar-refractivity contribution >= 4 is 32.9 Å². The average molecular weight is 323 g/mol. The van der Waals surface area contributed by atoms with E-state index in [1.807, 2.05) is 23.6 Å². The zero-order valence-corrected chi connectivity index (χ0v) is 12.4. The quantitative estimate of drug-likeness (QED) is 0.708. The number of nitrogens with zero attached hydrogens (tertiary/aromatic N) is 2. The van der Waals surface area contributed by atoms with Gasteiger partial charge in [0.2, 0.25) is 5.88 Å². The van der Waals surface area contributed by atoms with Crippen LogP contribution in [0.15, 0.2) is 33.6 Å². The van der Waals surface area contributed by atoms with Gasteiger partial charge in [0.1, 0.15) is 11.3 Å². The van der Waals surface area contributed by atoms with Gasteiger partial charge in [-0.15, -0.1) is 11.3 Å². The zero-order valence-electron chi connectivity index (χ0n) is 9.98. The van der Waals surface area contributed by atoms with E-state index in [4.69, 9.17) is 4.74 Å². The minimum atomic E-state index is 0.793. The fourth-order valence-electron chi connectivity index (χ4n) is 2.08. The first-order valence-corrected chi connectivity index (χ1v) is 7.14. The zero-order chi connectivity index (χ0) is 12.7. The van der Waals surface area contributed by atoms with Gasteiger partial charge in [0.15, 0.2) is 0 Å². The maximum absolute atomic E-state index is 5.39. The molecule has 0 aliphatic heterocycles. The molecule has 0 radical (unpaired) electrons. The number of imidazole rings is 1. The molecule has 0 bridgehead atoms. The number of rotatable bonds is 2. The number of hydrogen-bond donors (Lipinski definition) is 0. The maximum Gasteiger partial charge on any atom is 0.221 e. The molecule has 0 aromatic carbocycles. The second-order valence-electron chi connectivity index (χ2n) is 3.96. The fraction of sp³-hybridized carbons (Fsp3) is 0.154. The molecule has 3 heterocycles. The lowest BCUT2D eigenvalue weighted by Gasteiger charge is -2.03. The third-order valence-electron chi connectivity index (χ3n) is 2.84. The molecule has 0 aliphatic carbocycles. The second-order valence-corrected chi connectivity index (χ2v) is 6.25. The number of pyridine rings is 1. The first-order chi connectivity index (χ1) is 8.70. The van der Waals surface area contributed by atoms with Crippen LogP contribution < -0.4 is 4.74 Å². The van der Waals surface area contributed by atoms with Crippen molar-refractivity contribution in [3.8, 4) is 17.0 Å². The number of hydrogen-bond acceptors (Lipinski definition) is 3. The van der Waals surface area contributed by atoms with E-state index in [0.717, 1.165) is 26.6 Å². The third-order valence-corrected chi connectivity index (χ3v) is 4.35. The Morgan fingerprint density at radius 2 is 2.28 bits per heavy atom. The molecule has 92 valence electrons. The average Bonchev–Trinajstić information content (AvgIpc) is 2.91. The Bertz CT molecular complexity index is 717. The van der Waals surface area contributed by atoms with Gasteiger partial charge in [0.05, 0.1) is 10.9 Å². The van der Waals surface area contributed by atoms with Gasteiger partial charge in [0.25, 0.3) is 0 Å². The van der Waals surface area contributed by atoms with E-state index in [0.29, 0.717) is 0 Å². The maximum atomic E-state index is 5.39. The summed E-state index contributed by atoms with van der Waals surface area (Å²) in [6, 6.07) is 6.20. The van der Waals surface area contributed by atoms with E-state index in [1.54, 1.807) is 18.4 Å². The van der Waals surface area contributed by atoms with Crippen LogP contribution in [0.25, 0.3) is 16.8 Å². The molecular formula is C13H11BrN2OS. The molecule has 5 heteroatoms. The molecule has 0 N–H and O–H groups in total. The normalized spacial score (nSPS) is 11.1. The van der Waals surface area contributed by atoms with E-state index in [2.05, 4.69) is 38.4 Å². The molecule has 3 aromatic heterocycles. The highest BCUT2D eigenvalue weighted by molar-refractivity contribution is 9.11. The van der Waals surface area contributed by atoms with Gasteiger partial charge < -0.3 is 4.74 Å². The monoisotopic (exact) mass is 322 g/mol. The van der Waals surface area contributed by atoms with E-state index in [-0.39, 0.29) is 0 Å². The Morgan fingerprint density at radius 3 is 2.94 bits per heavy atom. The lowest BCUT2D eigenvalue weighted by Crippen LogP contribution is -1.91. The van der Waals surface area contributed by atoms with E-state index in [1.165, 1.54) is 5.56 Å². The molecular weight excluding hydrogens is 312 g/mol. The van der Waals surface area contributed by atoms with Crippen LogP contribution in [0, 0.1) is 6.92 Å². The largest absolute Gasteiger partial charge is 0.481 e. The van der Waals surface area contributed by atoms with Crippen LogP contribution in [0.4, 0.5) is 0 Å². The molecule has 0 unspecified atom stereocenters.